The van der Waals surface area contributed by atoms with Crippen molar-refractivity contribution in [1.82, 2.24) is 9.80 Å². The van der Waals surface area contributed by atoms with E-state index in [9.17, 15) is 5.11 Å². The summed E-state index contributed by atoms with van der Waals surface area (Å²) < 4.78 is 0. The number of likely N-dealkylation sites (N-methyl/N-ethyl adjacent to an activating group) is 2. The molecule has 0 heterocycles. The molecule has 62 valence electrons. The summed E-state index contributed by atoms with van der Waals surface area (Å²) in [6, 6.07) is 0. The molecule has 0 amide bonds. The number of rotatable bonds is 5. The second-order valence-electron chi connectivity index (χ2n) is 2.81. The summed E-state index contributed by atoms with van der Waals surface area (Å²) in [5, 5.41) is 10.1. The third kappa shape index (κ3) is 10.5. The van der Waals surface area contributed by atoms with Crippen LogP contribution in [0.25, 0.3) is 0 Å². The molecule has 0 spiro atoms. The zero-order valence-electron chi connectivity index (χ0n) is 8.13. The average molecular weight is 152 g/mol. The van der Waals surface area contributed by atoms with Crippen LogP contribution in [0.1, 0.15) is 0 Å². The molecule has 11 heavy (non-hydrogen) atoms. The van der Waals surface area contributed by atoms with Crippen LogP contribution in [0.5, 0.6) is 0 Å². The van der Waals surface area contributed by atoms with Crippen molar-refractivity contribution < 1.29 is 24.0 Å². The molecule has 0 aliphatic carbocycles. The van der Waals surface area contributed by atoms with E-state index in [-0.39, 0.29) is 25.5 Å². The number of hydrogen-bond donors (Lipinski definition) is 0. The van der Waals surface area contributed by atoms with Crippen LogP contribution in [0.4, 0.5) is 0 Å². The monoisotopic (exact) mass is 152 g/mol. The third-order valence-corrected chi connectivity index (χ3v) is 1.40. The molecule has 4 heteroatoms. The summed E-state index contributed by atoms with van der Waals surface area (Å²) in [6.45, 7) is 2.67. The van der Waals surface area contributed by atoms with Crippen LogP contribution in [-0.4, -0.2) is 57.2 Å². The Labute approximate surface area is 81.5 Å². The van der Waals surface area contributed by atoms with E-state index in [1.165, 1.54) is 0 Å². The minimum Gasteiger partial charge on any atom is -0.854 e. The van der Waals surface area contributed by atoms with E-state index < -0.39 is 0 Å². The van der Waals surface area contributed by atoms with Crippen molar-refractivity contribution in [3.8, 4) is 0 Å². The van der Waals surface area contributed by atoms with Crippen molar-refractivity contribution in [3.63, 3.8) is 0 Å². The first-order valence-corrected chi connectivity index (χ1v) is 3.58. The molecule has 0 aliphatic heterocycles. The number of hydrogen-bond acceptors (Lipinski definition) is 3. The Morgan fingerprint density at radius 3 is 1.91 bits per heavy atom. The predicted molar refractivity (Wildman–Crippen MR) is 40.9 cm³/mol. The minimum absolute atomic E-state index is 0. The molecule has 0 N–H and O–H groups in total. The Kier molecular flexibility index (Phi) is 10.9. The molecule has 0 aliphatic rings. The van der Waals surface area contributed by atoms with Crippen LogP contribution in [0.2, 0.25) is 0 Å². The topological polar surface area (TPSA) is 29.5 Å². The molecular weight excluding hydrogens is 135 g/mol. The maximum absolute atomic E-state index is 10.1. The van der Waals surface area contributed by atoms with Gasteiger partial charge in [-0.25, -0.2) is 0 Å². The van der Waals surface area contributed by atoms with E-state index in [1.54, 1.807) is 0 Å². The third-order valence-electron chi connectivity index (χ3n) is 1.40. The molecule has 0 bridgehead atoms. The van der Waals surface area contributed by atoms with E-state index in [4.69, 9.17) is 0 Å². The zero-order valence-corrected chi connectivity index (χ0v) is 8.13. The van der Waals surface area contributed by atoms with Gasteiger partial charge in [0, 0.05) is 13.1 Å². The Bertz CT molecular complexity index is 80.8. The van der Waals surface area contributed by atoms with Gasteiger partial charge in [-0.05, 0) is 27.7 Å². The first-order chi connectivity index (χ1) is 4.66. The molecule has 0 aromatic heterocycles. The SMILES string of the molecule is CN(C)CCN(C)CC[O-].[Li+]. The van der Waals surface area contributed by atoms with Crippen molar-refractivity contribution in [3.05, 3.63) is 0 Å². The van der Waals surface area contributed by atoms with Crippen molar-refractivity contribution >= 4 is 0 Å². The van der Waals surface area contributed by atoms with E-state index in [2.05, 4.69) is 4.90 Å². The van der Waals surface area contributed by atoms with Crippen LogP contribution in [-0.2, 0) is 0 Å². The van der Waals surface area contributed by atoms with Crippen LogP contribution in [0.15, 0.2) is 0 Å². The molecule has 0 aromatic rings. The fourth-order valence-corrected chi connectivity index (χ4v) is 0.638. The second-order valence-corrected chi connectivity index (χ2v) is 2.81. The molecular formula is C7H17LiN2O. The summed E-state index contributed by atoms with van der Waals surface area (Å²) >= 11 is 0. The van der Waals surface area contributed by atoms with Crippen molar-refractivity contribution in [2.75, 3.05) is 47.4 Å². The normalized spacial score (nSPS) is 10.4. The summed E-state index contributed by atoms with van der Waals surface area (Å²) in [5.74, 6) is 0. The Balaban J connectivity index is 0. The Morgan fingerprint density at radius 2 is 1.55 bits per heavy atom. The van der Waals surface area contributed by atoms with Gasteiger partial charge < -0.3 is 14.9 Å². The van der Waals surface area contributed by atoms with Crippen LogP contribution in [0.3, 0.4) is 0 Å². The van der Waals surface area contributed by atoms with E-state index in [1.807, 2.05) is 26.0 Å². The van der Waals surface area contributed by atoms with Gasteiger partial charge in [-0.2, -0.15) is 0 Å². The van der Waals surface area contributed by atoms with Gasteiger partial charge in [0.15, 0.2) is 0 Å². The molecule has 0 saturated carbocycles. The van der Waals surface area contributed by atoms with Gasteiger partial charge in [-0.3, -0.25) is 0 Å². The first kappa shape index (κ1) is 14.0. The Hall–Kier alpha value is 0.477. The van der Waals surface area contributed by atoms with Crippen LogP contribution >= 0.6 is 0 Å². The average Bonchev–Trinajstić information content (AvgIpc) is 1.85. The second kappa shape index (κ2) is 8.57. The van der Waals surface area contributed by atoms with Crippen molar-refractivity contribution in [1.29, 1.82) is 0 Å². The fraction of sp³-hybridized carbons (Fsp3) is 1.00. The van der Waals surface area contributed by atoms with Crippen molar-refractivity contribution in [2.24, 2.45) is 0 Å². The fourth-order valence-electron chi connectivity index (χ4n) is 0.638. The van der Waals surface area contributed by atoms with Crippen LogP contribution in [0, 0.1) is 0 Å². The summed E-state index contributed by atoms with van der Waals surface area (Å²) in [7, 11) is 6.04. The van der Waals surface area contributed by atoms with Gasteiger partial charge in [0.2, 0.25) is 0 Å². The summed E-state index contributed by atoms with van der Waals surface area (Å²) in [5.41, 5.74) is 0. The molecule has 0 saturated heterocycles. The largest absolute Gasteiger partial charge is 1.00 e. The van der Waals surface area contributed by atoms with Gasteiger partial charge in [0.25, 0.3) is 0 Å². The van der Waals surface area contributed by atoms with Crippen molar-refractivity contribution in [2.45, 2.75) is 0 Å². The maximum atomic E-state index is 10.1. The molecule has 0 atom stereocenters. The molecule has 3 nitrogen and oxygen atoms in total. The van der Waals surface area contributed by atoms with Gasteiger partial charge in [-0.15, -0.1) is 6.61 Å². The van der Waals surface area contributed by atoms with Gasteiger partial charge >= 0.3 is 18.9 Å². The van der Waals surface area contributed by atoms with Crippen LogP contribution < -0.4 is 24.0 Å². The van der Waals surface area contributed by atoms with Gasteiger partial charge in [0.1, 0.15) is 0 Å². The standard InChI is InChI=1S/C7H17N2O.Li/c1-8(2)4-5-9(3)6-7-10;/h4-7H2,1-3H3;/q-1;+1. The van der Waals surface area contributed by atoms with Gasteiger partial charge in [0.05, 0.1) is 0 Å². The molecule has 0 aromatic carbocycles. The predicted octanol–water partition coefficient (Wildman–Crippen LogP) is -4.16. The Morgan fingerprint density at radius 1 is 1.00 bits per heavy atom. The molecule has 0 rings (SSSR count). The molecule has 0 fully saturated rings. The zero-order chi connectivity index (χ0) is 7.98. The quantitative estimate of drug-likeness (QED) is 0.374. The van der Waals surface area contributed by atoms with E-state index >= 15 is 0 Å². The number of nitrogens with zero attached hydrogens (tertiary/aromatic N) is 2. The smallest absolute Gasteiger partial charge is 0.854 e. The van der Waals surface area contributed by atoms with E-state index in [0.29, 0.717) is 6.54 Å². The summed E-state index contributed by atoms with van der Waals surface area (Å²) in [6.07, 6.45) is 0. The first-order valence-electron chi connectivity index (χ1n) is 3.58. The molecule has 0 unspecified atom stereocenters. The van der Waals surface area contributed by atoms with Gasteiger partial charge in [-0.1, -0.05) is 0 Å². The van der Waals surface area contributed by atoms with E-state index in [0.717, 1.165) is 13.1 Å². The minimum atomic E-state index is 0. The molecule has 0 radical (unpaired) electrons. The summed E-state index contributed by atoms with van der Waals surface area (Å²) in [4.78, 5) is 4.16. The maximum Gasteiger partial charge on any atom is 1.00 e.